The lowest BCUT2D eigenvalue weighted by Crippen LogP contribution is -2.15. The van der Waals surface area contributed by atoms with Crippen LogP contribution in [0.1, 0.15) is 18.1 Å². The number of aliphatic imine (C=N–C) groups is 1. The number of hydrogen-bond donors (Lipinski definition) is 0. The van der Waals surface area contributed by atoms with Crippen LogP contribution >= 0.6 is 15.9 Å². The Morgan fingerprint density at radius 1 is 1.16 bits per heavy atom. The molecule has 0 amide bonds. The summed E-state index contributed by atoms with van der Waals surface area (Å²) in [7, 11) is 3.04. The maximum atomic E-state index is 12.3. The number of carbonyl (C=O) groups excluding carboxylic acids is 2. The maximum absolute atomic E-state index is 12.3. The fourth-order valence-electron chi connectivity index (χ4n) is 2.72. The van der Waals surface area contributed by atoms with E-state index in [0.29, 0.717) is 32.8 Å². The van der Waals surface area contributed by atoms with Crippen LogP contribution < -0.4 is 14.2 Å². The van der Waals surface area contributed by atoms with E-state index in [9.17, 15) is 9.59 Å². The SMILES string of the molecule is CCOC(=O)COc1c(Br)cc(/C=C2\N=C(c3ccc(OC)cc3)OC2=O)cc1OC. The first-order valence-corrected chi connectivity index (χ1v) is 10.1. The first-order chi connectivity index (χ1) is 14.9. The van der Waals surface area contributed by atoms with E-state index in [1.54, 1.807) is 56.5 Å². The van der Waals surface area contributed by atoms with E-state index in [0.717, 1.165) is 0 Å². The fourth-order valence-corrected chi connectivity index (χ4v) is 3.30. The van der Waals surface area contributed by atoms with Crippen molar-refractivity contribution in [2.75, 3.05) is 27.4 Å². The van der Waals surface area contributed by atoms with Crippen molar-refractivity contribution in [3.05, 3.63) is 57.7 Å². The molecule has 8 nitrogen and oxygen atoms in total. The molecular weight excluding hydrogens is 470 g/mol. The second-order valence-electron chi connectivity index (χ2n) is 6.19. The number of methoxy groups -OCH3 is 2. The molecule has 1 heterocycles. The fraction of sp³-hybridized carbons (Fsp3) is 0.227. The normalized spacial score (nSPS) is 14.1. The van der Waals surface area contributed by atoms with Crippen molar-refractivity contribution in [3.63, 3.8) is 0 Å². The summed E-state index contributed by atoms with van der Waals surface area (Å²) in [4.78, 5) is 28.1. The highest BCUT2D eigenvalue weighted by Gasteiger charge is 2.24. The molecule has 0 saturated carbocycles. The molecule has 3 rings (SSSR count). The lowest BCUT2D eigenvalue weighted by atomic mass is 10.1. The Balaban J connectivity index is 1.84. The van der Waals surface area contributed by atoms with Crippen molar-refractivity contribution in [1.82, 2.24) is 0 Å². The van der Waals surface area contributed by atoms with Crippen molar-refractivity contribution in [2.45, 2.75) is 6.92 Å². The number of rotatable bonds is 8. The van der Waals surface area contributed by atoms with Gasteiger partial charge in [-0.2, -0.15) is 0 Å². The van der Waals surface area contributed by atoms with Crippen molar-refractivity contribution in [1.29, 1.82) is 0 Å². The summed E-state index contributed by atoms with van der Waals surface area (Å²) in [6.07, 6.45) is 1.57. The van der Waals surface area contributed by atoms with E-state index in [1.165, 1.54) is 7.11 Å². The number of ether oxygens (including phenoxy) is 5. The molecule has 0 atom stereocenters. The number of hydrogen-bond acceptors (Lipinski definition) is 8. The maximum Gasteiger partial charge on any atom is 0.363 e. The molecule has 0 N–H and O–H groups in total. The highest BCUT2D eigenvalue weighted by molar-refractivity contribution is 9.10. The third kappa shape index (κ3) is 5.43. The minimum atomic E-state index is -0.566. The van der Waals surface area contributed by atoms with Gasteiger partial charge in [-0.1, -0.05) is 0 Å². The van der Waals surface area contributed by atoms with Crippen molar-refractivity contribution >= 4 is 39.8 Å². The van der Waals surface area contributed by atoms with Gasteiger partial charge in [0.05, 0.1) is 25.3 Å². The average molecular weight is 490 g/mol. The Morgan fingerprint density at radius 3 is 2.55 bits per heavy atom. The molecule has 0 bridgehead atoms. The van der Waals surface area contributed by atoms with Gasteiger partial charge in [-0.05, 0) is 70.9 Å². The van der Waals surface area contributed by atoms with E-state index in [4.69, 9.17) is 23.7 Å². The summed E-state index contributed by atoms with van der Waals surface area (Å²) in [6.45, 7) is 1.72. The Bertz CT molecular complexity index is 1040. The summed E-state index contributed by atoms with van der Waals surface area (Å²) >= 11 is 3.40. The van der Waals surface area contributed by atoms with E-state index < -0.39 is 11.9 Å². The molecular formula is C22H20BrNO7. The zero-order valence-corrected chi connectivity index (χ0v) is 18.7. The standard InChI is InChI=1S/C22H20BrNO7/c1-4-29-19(25)12-30-20-16(23)9-13(11-18(20)28-3)10-17-22(26)31-21(24-17)14-5-7-15(27-2)8-6-14/h5-11H,4,12H2,1-3H3/b17-10-. The van der Waals surface area contributed by atoms with Gasteiger partial charge in [0.15, 0.2) is 23.8 Å². The molecule has 1 aliphatic heterocycles. The molecule has 0 radical (unpaired) electrons. The van der Waals surface area contributed by atoms with E-state index in [1.807, 2.05) is 0 Å². The average Bonchev–Trinajstić information content (AvgIpc) is 3.13. The zero-order valence-electron chi connectivity index (χ0n) is 17.1. The van der Waals surface area contributed by atoms with Crippen molar-refractivity contribution in [2.24, 2.45) is 4.99 Å². The number of carbonyl (C=O) groups is 2. The van der Waals surface area contributed by atoms with E-state index >= 15 is 0 Å². The minimum Gasteiger partial charge on any atom is -0.497 e. The lowest BCUT2D eigenvalue weighted by Gasteiger charge is -2.13. The Kier molecular flexibility index (Phi) is 7.30. The Morgan fingerprint density at radius 2 is 1.90 bits per heavy atom. The largest absolute Gasteiger partial charge is 0.497 e. The minimum absolute atomic E-state index is 0.139. The summed E-state index contributed by atoms with van der Waals surface area (Å²) < 4.78 is 26.7. The van der Waals surface area contributed by atoms with Gasteiger partial charge in [0.2, 0.25) is 5.90 Å². The smallest absolute Gasteiger partial charge is 0.363 e. The second kappa shape index (κ2) is 10.1. The van der Waals surface area contributed by atoms with Gasteiger partial charge in [-0.25, -0.2) is 14.6 Å². The van der Waals surface area contributed by atoms with Gasteiger partial charge in [0.1, 0.15) is 5.75 Å². The molecule has 162 valence electrons. The third-order valence-corrected chi connectivity index (χ3v) is 4.74. The number of esters is 2. The molecule has 31 heavy (non-hydrogen) atoms. The molecule has 0 aromatic heterocycles. The predicted octanol–water partition coefficient (Wildman–Crippen LogP) is 3.75. The van der Waals surface area contributed by atoms with Crippen LogP contribution in [0.4, 0.5) is 0 Å². The van der Waals surface area contributed by atoms with E-state index in [2.05, 4.69) is 20.9 Å². The highest BCUT2D eigenvalue weighted by atomic mass is 79.9. The first kappa shape index (κ1) is 22.4. The van der Waals surface area contributed by atoms with Gasteiger partial charge in [-0.15, -0.1) is 0 Å². The van der Waals surface area contributed by atoms with Crippen LogP contribution in [0.15, 0.2) is 51.6 Å². The van der Waals surface area contributed by atoms with Crippen LogP contribution in [0.25, 0.3) is 6.08 Å². The Labute approximate surface area is 187 Å². The number of halogens is 1. The number of cyclic esters (lactones) is 1. The summed E-state index contributed by atoms with van der Waals surface area (Å²) in [5.41, 5.74) is 1.41. The monoisotopic (exact) mass is 489 g/mol. The molecule has 0 aliphatic carbocycles. The molecule has 0 fully saturated rings. The van der Waals surface area contributed by atoms with Gasteiger partial charge < -0.3 is 23.7 Å². The molecule has 2 aromatic carbocycles. The quantitative estimate of drug-likeness (QED) is 0.411. The van der Waals surface area contributed by atoms with Crippen LogP contribution in [0.3, 0.4) is 0 Å². The van der Waals surface area contributed by atoms with Crippen LogP contribution in [-0.2, 0) is 19.1 Å². The molecule has 1 aliphatic rings. The highest BCUT2D eigenvalue weighted by Crippen LogP contribution is 2.37. The number of nitrogens with zero attached hydrogens (tertiary/aromatic N) is 1. The summed E-state index contributed by atoms with van der Waals surface area (Å²) in [5, 5.41) is 0. The molecule has 9 heteroatoms. The van der Waals surface area contributed by atoms with Crippen LogP contribution in [0, 0.1) is 0 Å². The third-order valence-electron chi connectivity index (χ3n) is 4.15. The van der Waals surface area contributed by atoms with Crippen LogP contribution in [0.5, 0.6) is 17.2 Å². The van der Waals surface area contributed by atoms with Crippen molar-refractivity contribution < 1.29 is 33.3 Å². The molecule has 0 spiro atoms. The molecule has 2 aromatic rings. The van der Waals surface area contributed by atoms with Crippen LogP contribution in [-0.4, -0.2) is 45.3 Å². The zero-order chi connectivity index (χ0) is 22.4. The lowest BCUT2D eigenvalue weighted by molar-refractivity contribution is -0.145. The van der Waals surface area contributed by atoms with E-state index in [-0.39, 0.29) is 24.8 Å². The first-order valence-electron chi connectivity index (χ1n) is 9.28. The molecule has 0 saturated heterocycles. The Hall–Kier alpha value is -3.33. The van der Waals surface area contributed by atoms with Gasteiger partial charge >= 0.3 is 11.9 Å². The molecule has 0 unspecified atom stereocenters. The number of benzene rings is 2. The predicted molar refractivity (Wildman–Crippen MR) is 116 cm³/mol. The van der Waals surface area contributed by atoms with Gasteiger partial charge in [0, 0.05) is 5.56 Å². The van der Waals surface area contributed by atoms with Crippen molar-refractivity contribution in [3.8, 4) is 17.2 Å². The van der Waals surface area contributed by atoms with Gasteiger partial charge in [-0.3, -0.25) is 0 Å². The second-order valence-corrected chi connectivity index (χ2v) is 7.05. The van der Waals surface area contributed by atoms with Gasteiger partial charge in [0.25, 0.3) is 0 Å². The summed E-state index contributed by atoms with van der Waals surface area (Å²) in [6, 6.07) is 10.4. The topological polar surface area (TPSA) is 92.7 Å². The van der Waals surface area contributed by atoms with Crippen LogP contribution in [0.2, 0.25) is 0 Å². The summed E-state index contributed by atoms with van der Waals surface area (Å²) in [5.74, 6) is 0.552.